The lowest BCUT2D eigenvalue weighted by atomic mass is 10.1. The molecule has 3 aromatic heterocycles. The van der Waals surface area contributed by atoms with Crippen molar-refractivity contribution in [3.05, 3.63) is 64.2 Å². The summed E-state index contributed by atoms with van der Waals surface area (Å²) in [5.74, 6) is 1.14. The standard InChI is InChI=1S/C19H18N6O3/c1-11-5-4-6-13(7-11)16-9-15(24-28-16)12(2)27-19-23-22-18(25(19)3)14-8-17(26)21-20-10-14/h4-10,12H,1-3H3,(H,21,26)/t12-/m1/s1. The Morgan fingerprint density at radius 2 is 2.04 bits per heavy atom. The van der Waals surface area contributed by atoms with Crippen molar-refractivity contribution in [1.82, 2.24) is 30.1 Å². The fraction of sp³-hybridized carbons (Fsp3) is 0.211. The molecule has 1 N–H and O–H groups in total. The van der Waals surface area contributed by atoms with Gasteiger partial charge in [-0.3, -0.25) is 9.36 Å². The third-order valence-electron chi connectivity index (χ3n) is 4.29. The average molecular weight is 378 g/mol. The van der Waals surface area contributed by atoms with Crippen LogP contribution in [-0.4, -0.2) is 30.1 Å². The van der Waals surface area contributed by atoms with Crippen molar-refractivity contribution in [2.24, 2.45) is 7.05 Å². The van der Waals surface area contributed by atoms with Gasteiger partial charge in [0.25, 0.3) is 5.56 Å². The fourth-order valence-electron chi connectivity index (χ4n) is 2.80. The van der Waals surface area contributed by atoms with Gasteiger partial charge in [-0.15, -0.1) is 5.10 Å². The van der Waals surface area contributed by atoms with Gasteiger partial charge < -0.3 is 9.26 Å². The summed E-state index contributed by atoms with van der Waals surface area (Å²) in [4.78, 5) is 11.5. The van der Waals surface area contributed by atoms with Crippen LogP contribution < -0.4 is 10.3 Å². The Hall–Kier alpha value is -3.75. The Morgan fingerprint density at radius 3 is 2.82 bits per heavy atom. The number of rotatable bonds is 5. The number of aromatic amines is 1. The molecule has 4 rings (SSSR count). The number of hydrogen-bond donors (Lipinski definition) is 1. The van der Waals surface area contributed by atoms with Gasteiger partial charge in [0.15, 0.2) is 11.6 Å². The van der Waals surface area contributed by atoms with E-state index in [2.05, 4.69) is 25.6 Å². The molecule has 9 heteroatoms. The van der Waals surface area contributed by atoms with E-state index in [0.29, 0.717) is 28.9 Å². The van der Waals surface area contributed by atoms with Gasteiger partial charge in [0.1, 0.15) is 11.8 Å². The van der Waals surface area contributed by atoms with Crippen LogP contribution in [0.15, 0.2) is 51.9 Å². The van der Waals surface area contributed by atoms with Crippen LogP contribution in [0.1, 0.15) is 24.3 Å². The predicted molar refractivity (Wildman–Crippen MR) is 101 cm³/mol. The highest BCUT2D eigenvalue weighted by Crippen LogP contribution is 2.27. The molecule has 0 spiro atoms. The molecule has 0 bridgehead atoms. The molecule has 9 nitrogen and oxygen atoms in total. The van der Waals surface area contributed by atoms with Gasteiger partial charge in [0.2, 0.25) is 0 Å². The smallest absolute Gasteiger partial charge is 0.317 e. The lowest BCUT2D eigenvalue weighted by Gasteiger charge is -2.10. The first-order valence-electron chi connectivity index (χ1n) is 8.66. The number of nitrogens with one attached hydrogen (secondary N) is 1. The fourth-order valence-corrected chi connectivity index (χ4v) is 2.80. The number of benzene rings is 1. The first-order chi connectivity index (χ1) is 13.5. The number of ether oxygens (including phenoxy) is 1. The molecular formula is C19H18N6O3. The molecule has 28 heavy (non-hydrogen) atoms. The first-order valence-corrected chi connectivity index (χ1v) is 8.66. The SMILES string of the molecule is Cc1cccc(-c2cc([C@@H](C)Oc3nnc(-c4cn[nH]c(=O)c4)n3C)no2)c1. The summed E-state index contributed by atoms with van der Waals surface area (Å²) in [6.45, 7) is 3.87. The van der Waals surface area contributed by atoms with Crippen LogP contribution in [0.5, 0.6) is 6.01 Å². The van der Waals surface area contributed by atoms with Crippen molar-refractivity contribution in [1.29, 1.82) is 0 Å². The van der Waals surface area contributed by atoms with E-state index in [1.807, 2.05) is 44.2 Å². The summed E-state index contributed by atoms with van der Waals surface area (Å²) < 4.78 is 13.0. The number of aromatic nitrogens is 6. The van der Waals surface area contributed by atoms with Crippen molar-refractivity contribution in [2.45, 2.75) is 20.0 Å². The van der Waals surface area contributed by atoms with Gasteiger partial charge in [-0.1, -0.05) is 34.0 Å². The maximum atomic E-state index is 11.5. The maximum Gasteiger partial charge on any atom is 0.317 e. The van der Waals surface area contributed by atoms with Crippen molar-refractivity contribution in [2.75, 3.05) is 0 Å². The minimum Gasteiger partial charge on any atom is -0.454 e. The second-order valence-corrected chi connectivity index (χ2v) is 6.44. The average Bonchev–Trinajstić information content (AvgIpc) is 3.30. The molecule has 0 fully saturated rings. The van der Waals surface area contributed by atoms with E-state index in [0.717, 1.165) is 11.1 Å². The summed E-state index contributed by atoms with van der Waals surface area (Å²) in [6.07, 6.45) is 1.10. The van der Waals surface area contributed by atoms with Crippen LogP contribution in [0, 0.1) is 6.92 Å². The van der Waals surface area contributed by atoms with Crippen LogP contribution in [0.3, 0.4) is 0 Å². The molecule has 4 aromatic rings. The Labute approximate surface area is 160 Å². The van der Waals surface area contributed by atoms with E-state index >= 15 is 0 Å². The molecule has 0 saturated heterocycles. The molecule has 0 saturated carbocycles. The van der Waals surface area contributed by atoms with E-state index in [1.165, 1.54) is 12.3 Å². The number of aryl methyl sites for hydroxylation is 1. The third-order valence-corrected chi connectivity index (χ3v) is 4.29. The molecule has 142 valence electrons. The number of nitrogens with zero attached hydrogens (tertiary/aromatic N) is 5. The molecule has 1 atom stereocenters. The lowest BCUT2D eigenvalue weighted by Crippen LogP contribution is -2.09. The second kappa shape index (κ2) is 7.10. The van der Waals surface area contributed by atoms with Gasteiger partial charge in [0, 0.05) is 30.3 Å². The second-order valence-electron chi connectivity index (χ2n) is 6.44. The highest BCUT2D eigenvalue weighted by molar-refractivity contribution is 5.58. The third kappa shape index (κ3) is 3.41. The highest BCUT2D eigenvalue weighted by Gasteiger charge is 2.19. The van der Waals surface area contributed by atoms with Gasteiger partial charge in [0.05, 0.1) is 6.20 Å². The van der Waals surface area contributed by atoms with Crippen molar-refractivity contribution < 1.29 is 9.26 Å². The molecule has 0 radical (unpaired) electrons. The van der Waals surface area contributed by atoms with Crippen LogP contribution in [0.4, 0.5) is 0 Å². The Kier molecular flexibility index (Phi) is 4.48. The van der Waals surface area contributed by atoms with Crippen LogP contribution >= 0.6 is 0 Å². The van der Waals surface area contributed by atoms with Crippen LogP contribution in [0.25, 0.3) is 22.7 Å². The topological polar surface area (TPSA) is 112 Å². The van der Waals surface area contributed by atoms with Crippen molar-refractivity contribution in [3.8, 4) is 28.7 Å². The first kappa shape index (κ1) is 17.7. The summed E-state index contributed by atoms with van der Waals surface area (Å²) in [5.41, 5.74) is 2.96. The molecule has 3 heterocycles. The quantitative estimate of drug-likeness (QED) is 0.568. The lowest BCUT2D eigenvalue weighted by molar-refractivity contribution is 0.190. The van der Waals surface area contributed by atoms with E-state index < -0.39 is 6.10 Å². The number of H-pyrrole nitrogens is 1. The summed E-state index contributed by atoms with van der Waals surface area (Å²) >= 11 is 0. The highest BCUT2D eigenvalue weighted by atomic mass is 16.5. The molecule has 1 aromatic carbocycles. The van der Waals surface area contributed by atoms with Gasteiger partial charge in [-0.2, -0.15) is 5.10 Å². The zero-order valence-electron chi connectivity index (χ0n) is 15.6. The predicted octanol–water partition coefficient (Wildman–Crippen LogP) is 2.67. The molecule has 0 unspecified atom stereocenters. The normalized spacial score (nSPS) is 12.1. The van der Waals surface area contributed by atoms with E-state index in [1.54, 1.807) is 11.6 Å². The Bertz CT molecular complexity index is 1180. The van der Waals surface area contributed by atoms with Gasteiger partial charge >= 0.3 is 6.01 Å². The Morgan fingerprint density at radius 1 is 1.18 bits per heavy atom. The van der Waals surface area contributed by atoms with Crippen LogP contribution in [-0.2, 0) is 7.05 Å². The van der Waals surface area contributed by atoms with Gasteiger partial charge in [-0.25, -0.2) is 5.10 Å². The van der Waals surface area contributed by atoms with E-state index in [9.17, 15) is 4.79 Å². The Balaban J connectivity index is 1.55. The molecule has 0 aliphatic rings. The van der Waals surface area contributed by atoms with E-state index in [4.69, 9.17) is 9.26 Å². The monoisotopic (exact) mass is 378 g/mol. The summed E-state index contributed by atoms with van der Waals surface area (Å²) in [5, 5.41) is 18.4. The zero-order chi connectivity index (χ0) is 19.7. The van der Waals surface area contributed by atoms with E-state index in [-0.39, 0.29) is 5.56 Å². The summed E-state index contributed by atoms with van der Waals surface area (Å²) in [6, 6.07) is 11.5. The zero-order valence-corrected chi connectivity index (χ0v) is 15.6. The molecular weight excluding hydrogens is 360 g/mol. The van der Waals surface area contributed by atoms with Gasteiger partial charge in [-0.05, 0) is 19.9 Å². The van der Waals surface area contributed by atoms with Crippen molar-refractivity contribution >= 4 is 0 Å². The number of hydrogen-bond acceptors (Lipinski definition) is 7. The van der Waals surface area contributed by atoms with Crippen molar-refractivity contribution in [3.63, 3.8) is 0 Å². The largest absolute Gasteiger partial charge is 0.454 e. The minimum absolute atomic E-state index is 0.294. The van der Waals surface area contributed by atoms with Crippen LogP contribution in [0.2, 0.25) is 0 Å². The molecule has 0 aliphatic heterocycles. The summed E-state index contributed by atoms with van der Waals surface area (Å²) in [7, 11) is 1.75. The minimum atomic E-state index is -0.407. The molecule has 0 amide bonds. The maximum absolute atomic E-state index is 11.5. The molecule has 0 aliphatic carbocycles.